The van der Waals surface area contributed by atoms with Crippen molar-refractivity contribution in [3.05, 3.63) is 63.7 Å². The van der Waals surface area contributed by atoms with Gasteiger partial charge in [-0.1, -0.05) is 6.07 Å². The number of aromatic nitrogens is 3. The molecular formula is C19H20N4O3. The van der Waals surface area contributed by atoms with E-state index in [1.54, 1.807) is 45.3 Å². The molecule has 3 rings (SSSR count). The molecule has 0 spiro atoms. The summed E-state index contributed by atoms with van der Waals surface area (Å²) in [7, 11) is 3.22. The zero-order chi connectivity index (χ0) is 18.8. The van der Waals surface area contributed by atoms with Crippen molar-refractivity contribution in [2.75, 3.05) is 7.11 Å². The monoisotopic (exact) mass is 352 g/mol. The molecular weight excluding hydrogens is 332 g/mol. The molecule has 0 saturated heterocycles. The second-order valence-electron chi connectivity index (χ2n) is 6.06. The van der Waals surface area contributed by atoms with Crippen LogP contribution in [0.3, 0.4) is 0 Å². The van der Waals surface area contributed by atoms with Crippen LogP contribution < -0.4 is 15.6 Å². The second-order valence-corrected chi connectivity index (χ2v) is 6.06. The van der Waals surface area contributed by atoms with Crippen LogP contribution in [0.25, 0.3) is 11.0 Å². The number of hydrogen-bond acceptors (Lipinski definition) is 5. The van der Waals surface area contributed by atoms with E-state index in [1.165, 1.54) is 4.57 Å². The number of fused-ring (bicyclic) bond motifs is 1. The quantitative estimate of drug-likeness (QED) is 0.777. The van der Waals surface area contributed by atoms with Crippen LogP contribution in [0.15, 0.2) is 41.2 Å². The fourth-order valence-corrected chi connectivity index (χ4v) is 2.75. The van der Waals surface area contributed by atoms with E-state index in [0.717, 1.165) is 0 Å². The van der Waals surface area contributed by atoms with Gasteiger partial charge in [-0.3, -0.25) is 9.59 Å². The number of ether oxygens (including phenoxy) is 1. The molecule has 3 aromatic rings. The van der Waals surface area contributed by atoms with Gasteiger partial charge in [0.25, 0.3) is 11.5 Å². The predicted molar refractivity (Wildman–Crippen MR) is 98.4 cm³/mol. The lowest BCUT2D eigenvalue weighted by Crippen LogP contribution is -2.27. The van der Waals surface area contributed by atoms with Crippen LogP contribution in [0.2, 0.25) is 0 Å². The van der Waals surface area contributed by atoms with Gasteiger partial charge in [0.2, 0.25) is 5.88 Å². The van der Waals surface area contributed by atoms with Crippen molar-refractivity contribution >= 4 is 16.9 Å². The summed E-state index contributed by atoms with van der Waals surface area (Å²) in [5.41, 5.74) is 2.68. The first-order valence-corrected chi connectivity index (χ1v) is 8.20. The summed E-state index contributed by atoms with van der Waals surface area (Å²) in [5, 5.41) is 2.91. The van der Waals surface area contributed by atoms with Gasteiger partial charge < -0.3 is 14.6 Å². The van der Waals surface area contributed by atoms with Gasteiger partial charge in [-0.15, -0.1) is 0 Å². The topological polar surface area (TPSA) is 86.1 Å². The molecule has 0 aliphatic heterocycles. The SMILES string of the molecule is COc1cccc(C(C)NC(=O)c2ccc3nc(C)c(=O)n(C)c3c2)n1. The Labute approximate surface area is 150 Å². The van der Waals surface area contributed by atoms with Gasteiger partial charge in [-0.25, -0.2) is 9.97 Å². The Bertz CT molecular complexity index is 1040. The Kier molecular flexibility index (Phi) is 4.71. The highest BCUT2D eigenvalue weighted by Crippen LogP contribution is 2.16. The average Bonchev–Trinajstić information content (AvgIpc) is 2.66. The van der Waals surface area contributed by atoms with Crippen molar-refractivity contribution in [1.82, 2.24) is 19.9 Å². The minimum atomic E-state index is -0.298. The van der Waals surface area contributed by atoms with E-state index in [4.69, 9.17) is 4.74 Å². The Morgan fingerprint density at radius 3 is 2.73 bits per heavy atom. The second kappa shape index (κ2) is 6.95. The van der Waals surface area contributed by atoms with Crippen LogP contribution in [-0.2, 0) is 7.05 Å². The lowest BCUT2D eigenvalue weighted by atomic mass is 10.1. The van der Waals surface area contributed by atoms with Crippen LogP contribution >= 0.6 is 0 Å². The van der Waals surface area contributed by atoms with E-state index >= 15 is 0 Å². The van der Waals surface area contributed by atoms with E-state index in [9.17, 15) is 9.59 Å². The largest absolute Gasteiger partial charge is 0.481 e. The summed E-state index contributed by atoms with van der Waals surface area (Å²) in [6, 6.07) is 10.2. The third-order valence-electron chi connectivity index (χ3n) is 4.25. The normalized spacial score (nSPS) is 12.0. The molecule has 0 saturated carbocycles. The minimum Gasteiger partial charge on any atom is -0.481 e. The number of methoxy groups -OCH3 is 1. The van der Waals surface area contributed by atoms with E-state index in [1.807, 2.05) is 19.1 Å². The van der Waals surface area contributed by atoms with E-state index in [0.29, 0.717) is 33.9 Å². The van der Waals surface area contributed by atoms with E-state index < -0.39 is 0 Å². The molecule has 2 aromatic heterocycles. The third kappa shape index (κ3) is 3.28. The van der Waals surface area contributed by atoms with Crippen LogP contribution in [0.4, 0.5) is 0 Å². The molecule has 7 heteroatoms. The van der Waals surface area contributed by atoms with Crippen molar-refractivity contribution in [2.45, 2.75) is 19.9 Å². The number of pyridine rings is 1. The number of carbonyl (C=O) groups excluding carboxylic acids is 1. The standard InChI is InChI=1S/C19H20N4O3/c1-11(14-6-5-7-17(22-14)26-4)21-18(24)13-8-9-15-16(10-13)23(3)19(25)12(2)20-15/h5-11H,1-4H3,(H,21,24). The van der Waals surface area contributed by atoms with Gasteiger partial charge >= 0.3 is 0 Å². The molecule has 0 aliphatic carbocycles. The van der Waals surface area contributed by atoms with Crippen LogP contribution in [0, 0.1) is 6.92 Å². The first kappa shape index (κ1) is 17.6. The summed E-state index contributed by atoms with van der Waals surface area (Å²) in [6.07, 6.45) is 0. The Morgan fingerprint density at radius 2 is 2.00 bits per heavy atom. The van der Waals surface area contributed by atoms with Crippen LogP contribution in [0.1, 0.15) is 34.7 Å². The summed E-state index contributed by atoms with van der Waals surface area (Å²) < 4.78 is 6.62. The van der Waals surface area contributed by atoms with Gasteiger partial charge in [0.15, 0.2) is 0 Å². The number of aryl methyl sites for hydroxylation is 2. The predicted octanol–water partition coefficient (Wildman–Crippen LogP) is 2.14. The number of hydrogen-bond donors (Lipinski definition) is 1. The maximum atomic E-state index is 12.6. The van der Waals surface area contributed by atoms with Gasteiger partial charge in [-0.2, -0.15) is 0 Å². The molecule has 0 aliphatic rings. The molecule has 2 heterocycles. The van der Waals surface area contributed by atoms with E-state index in [-0.39, 0.29) is 17.5 Å². The molecule has 1 amide bonds. The first-order valence-electron chi connectivity index (χ1n) is 8.20. The van der Waals surface area contributed by atoms with Gasteiger partial charge in [0.05, 0.1) is 29.9 Å². The molecule has 134 valence electrons. The Hall–Kier alpha value is -3.22. The Balaban J connectivity index is 1.88. The molecule has 1 unspecified atom stereocenters. The van der Waals surface area contributed by atoms with Crippen LogP contribution in [-0.4, -0.2) is 27.6 Å². The number of nitrogens with zero attached hydrogens (tertiary/aromatic N) is 3. The summed E-state index contributed by atoms with van der Waals surface area (Å²) >= 11 is 0. The highest BCUT2D eigenvalue weighted by atomic mass is 16.5. The maximum Gasteiger partial charge on any atom is 0.272 e. The number of carbonyl (C=O) groups is 1. The highest BCUT2D eigenvalue weighted by molar-refractivity contribution is 5.97. The van der Waals surface area contributed by atoms with Gasteiger partial charge in [0.1, 0.15) is 5.69 Å². The van der Waals surface area contributed by atoms with Crippen molar-refractivity contribution in [2.24, 2.45) is 7.05 Å². The zero-order valence-electron chi connectivity index (χ0n) is 15.1. The number of nitrogens with one attached hydrogen (secondary N) is 1. The fourth-order valence-electron chi connectivity index (χ4n) is 2.75. The highest BCUT2D eigenvalue weighted by Gasteiger charge is 2.15. The molecule has 0 bridgehead atoms. The maximum absolute atomic E-state index is 12.6. The number of amides is 1. The minimum absolute atomic E-state index is 0.177. The van der Waals surface area contributed by atoms with Crippen molar-refractivity contribution in [3.8, 4) is 5.88 Å². The van der Waals surface area contributed by atoms with Crippen molar-refractivity contribution in [3.63, 3.8) is 0 Å². The lowest BCUT2D eigenvalue weighted by molar-refractivity contribution is 0.0939. The first-order chi connectivity index (χ1) is 12.4. The zero-order valence-corrected chi connectivity index (χ0v) is 15.1. The van der Waals surface area contributed by atoms with Gasteiger partial charge in [0, 0.05) is 18.7 Å². The summed E-state index contributed by atoms with van der Waals surface area (Å²) in [6.45, 7) is 3.52. The van der Waals surface area contributed by atoms with Crippen LogP contribution in [0.5, 0.6) is 5.88 Å². The van der Waals surface area contributed by atoms with E-state index in [2.05, 4.69) is 15.3 Å². The molecule has 26 heavy (non-hydrogen) atoms. The number of rotatable bonds is 4. The summed E-state index contributed by atoms with van der Waals surface area (Å²) in [5.74, 6) is 0.239. The van der Waals surface area contributed by atoms with Gasteiger partial charge in [-0.05, 0) is 38.1 Å². The molecule has 1 N–H and O–H groups in total. The summed E-state index contributed by atoms with van der Waals surface area (Å²) in [4.78, 5) is 33.3. The molecule has 1 atom stereocenters. The van der Waals surface area contributed by atoms with Crippen molar-refractivity contribution in [1.29, 1.82) is 0 Å². The smallest absolute Gasteiger partial charge is 0.272 e. The molecule has 0 radical (unpaired) electrons. The van der Waals surface area contributed by atoms with Crippen molar-refractivity contribution < 1.29 is 9.53 Å². The molecule has 7 nitrogen and oxygen atoms in total. The third-order valence-corrected chi connectivity index (χ3v) is 4.25. The Morgan fingerprint density at radius 1 is 1.23 bits per heavy atom. The fraction of sp³-hybridized carbons (Fsp3) is 0.263. The average molecular weight is 352 g/mol. The molecule has 0 fully saturated rings. The number of benzene rings is 1. The lowest BCUT2D eigenvalue weighted by Gasteiger charge is -2.15. The molecule has 1 aromatic carbocycles.